The van der Waals surface area contributed by atoms with Crippen molar-refractivity contribution >= 4 is 22.8 Å². The summed E-state index contributed by atoms with van der Waals surface area (Å²) in [4.78, 5) is 37.7. The molecule has 0 atom stereocenters. The number of aromatic nitrogens is 1. The molecule has 0 fully saturated rings. The fourth-order valence-corrected chi connectivity index (χ4v) is 3.32. The fraction of sp³-hybridized carbons (Fsp3) is 0.227. The molecular formula is C22H18F4N2O4. The van der Waals surface area contributed by atoms with Crippen LogP contribution < -0.4 is 10.9 Å². The van der Waals surface area contributed by atoms with Gasteiger partial charge in [0.1, 0.15) is 17.9 Å². The number of carbonyl (C=O) groups excluding carboxylic acids is 2. The first-order valence-electron chi connectivity index (χ1n) is 9.36. The Morgan fingerprint density at radius 2 is 1.84 bits per heavy atom. The second kappa shape index (κ2) is 8.81. The van der Waals surface area contributed by atoms with Crippen LogP contribution in [0.3, 0.4) is 0 Å². The lowest BCUT2D eigenvalue weighted by Gasteiger charge is -2.17. The van der Waals surface area contributed by atoms with Crippen LogP contribution in [0.1, 0.15) is 27.0 Å². The second-order valence-electron chi connectivity index (χ2n) is 7.01. The molecule has 0 aliphatic heterocycles. The first-order chi connectivity index (χ1) is 15.0. The van der Waals surface area contributed by atoms with E-state index in [4.69, 9.17) is 0 Å². The number of amides is 1. The topological polar surface area (TPSA) is 77.4 Å². The number of aryl methyl sites for hydroxylation is 1. The van der Waals surface area contributed by atoms with Crippen LogP contribution in [0.5, 0.6) is 0 Å². The number of hydrogen-bond donors (Lipinski definition) is 1. The summed E-state index contributed by atoms with van der Waals surface area (Å²) < 4.78 is 58.3. The van der Waals surface area contributed by atoms with Crippen LogP contribution in [0.4, 0.5) is 17.6 Å². The number of benzene rings is 2. The third-order valence-electron chi connectivity index (χ3n) is 4.94. The molecule has 1 heterocycles. The largest absolute Gasteiger partial charge is 0.468 e. The normalized spacial score (nSPS) is 11.4. The predicted molar refractivity (Wildman–Crippen MR) is 108 cm³/mol. The number of carbonyl (C=O) groups is 2. The van der Waals surface area contributed by atoms with Crippen LogP contribution in [0, 0.1) is 12.7 Å². The Labute approximate surface area is 179 Å². The Bertz CT molecular complexity index is 1270. The SMILES string of the molecule is COC(=O)Cn1c(=O)c(C(=O)NCc2cccc(F)c2)c(C)c2ccc(C(F)(F)F)cc21. The average Bonchev–Trinajstić information content (AvgIpc) is 2.74. The zero-order valence-corrected chi connectivity index (χ0v) is 17.0. The van der Waals surface area contributed by atoms with Gasteiger partial charge in [-0.25, -0.2) is 4.39 Å². The lowest BCUT2D eigenvalue weighted by atomic mass is 10.0. The Balaban J connectivity index is 2.12. The summed E-state index contributed by atoms with van der Waals surface area (Å²) in [6, 6.07) is 8.20. The number of fused-ring (bicyclic) bond motifs is 1. The van der Waals surface area contributed by atoms with Crippen LogP contribution in [-0.2, 0) is 28.8 Å². The van der Waals surface area contributed by atoms with Crippen LogP contribution in [0.15, 0.2) is 47.3 Å². The Morgan fingerprint density at radius 1 is 1.12 bits per heavy atom. The van der Waals surface area contributed by atoms with Gasteiger partial charge in [0.15, 0.2) is 0 Å². The molecule has 3 aromatic rings. The lowest BCUT2D eigenvalue weighted by molar-refractivity contribution is -0.141. The minimum atomic E-state index is -4.67. The molecule has 0 radical (unpaired) electrons. The van der Waals surface area contributed by atoms with Gasteiger partial charge in [0.2, 0.25) is 0 Å². The number of nitrogens with one attached hydrogen (secondary N) is 1. The summed E-state index contributed by atoms with van der Waals surface area (Å²) in [7, 11) is 1.07. The lowest BCUT2D eigenvalue weighted by Crippen LogP contribution is -2.35. The quantitative estimate of drug-likeness (QED) is 0.476. The van der Waals surface area contributed by atoms with E-state index in [9.17, 15) is 31.9 Å². The summed E-state index contributed by atoms with van der Waals surface area (Å²) in [6.45, 7) is 0.658. The van der Waals surface area contributed by atoms with Gasteiger partial charge in [0.25, 0.3) is 11.5 Å². The molecule has 1 aromatic heterocycles. The molecule has 2 aromatic carbocycles. The zero-order chi connectivity index (χ0) is 23.6. The summed E-state index contributed by atoms with van der Waals surface area (Å²) in [5.74, 6) is -2.18. The van der Waals surface area contributed by atoms with Crippen molar-refractivity contribution in [3.05, 3.63) is 80.9 Å². The fourth-order valence-electron chi connectivity index (χ4n) is 3.32. The predicted octanol–water partition coefficient (Wildman–Crippen LogP) is 3.57. The van der Waals surface area contributed by atoms with E-state index in [-0.39, 0.29) is 28.6 Å². The van der Waals surface area contributed by atoms with Crippen molar-refractivity contribution < 1.29 is 31.9 Å². The van der Waals surface area contributed by atoms with Crippen LogP contribution in [0.2, 0.25) is 0 Å². The molecule has 6 nitrogen and oxygen atoms in total. The van der Waals surface area contributed by atoms with E-state index in [0.29, 0.717) is 5.56 Å². The number of methoxy groups -OCH3 is 1. The van der Waals surface area contributed by atoms with E-state index < -0.39 is 41.5 Å². The van der Waals surface area contributed by atoms with Crippen molar-refractivity contribution in [2.24, 2.45) is 0 Å². The van der Waals surface area contributed by atoms with Crippen molar-refractivity contribution in [3.8, 4) is 0 Å². The number of ether oxygens (including phenoxy) is 1. The number of hydrogen-bond acceptors (Lipinski definition) is 4. The highest BCUT2D eigenvalue weighted by atomic mass is 19.4. The molecule has 3 rings (SSSR count). The van der Waals surface area contributed by atoms with Crippen molar-refractivity contribution in [1.29, 1.82) is 0 Å². The minimum absolute atomic E-state index is 0.0858. The van der Waals surface area contributed by atoms with E-state index in [0.717, 1.165) is 29.9 Å². The Morgan fingerprint density at radius 3 is 2.47 bits per heavy atom. The van der Waals surface area contributed by atoms with Gasteiger partial charge in [0.05, 0.1) is 18.2 Å². The maximum Gasteiger partial charge on any atom is 0.416 e. The highest BCUT2D eigenvalue weighted by Gasteiger charge is 2.31. The number of alkyl halides is 3. The molecule has 0 unspecified atom stereocenters. The van der Waals surface area contributed by atoms with Crippen molar-refractivity contribution in [2.75, 3.05) is 7.11 Å². The van der Waals surface area contributed by atoms with Gasteiger partial charge >= 0.3 is 12.1 Å². The first-order valence-corrected chi connectivity index (χ1v) is 9.36. The van der Waals surface area contributed by atoms with E-state index in [1.807, 2.05) is 0 Å². The first kappa shape index (κ1) is 23.0. The third-order valence-corrected chi connectivity index (χ3v) is 4.94. The number of nitrogens with zero attached hydrogens (tertiary/aromatic N) is 1. The molecule has 0 aliphatic carbocycles. The highest BCUT2D eigenvalue weighted by molar-refractivity contribution is 6.00. The molecule has 0 aliphatic rings. The standard InChI is InChI=1S/C22H18F4N2O4/c1-12-16-7-6-14(22(24,25)26)9-17(16)28(11-18(29)32-2)21(31)19(12)20(30)27-10-13-4-3-5-15(23)8-13/h3-9H,10-11H2,1-2H3,(H,27,30). The summed E-state index contributed by atoms with van der Waals surface area (Å²) in [5.41, 5.74) is -1.85. The molecule has 168 valence electrons. The molecule has 1 N–H and O–H groups in total. The molecule has 0 saturated heterocycles. The van der Waals surface area contributed by atoms with Gasteiger partial charge in [-0.2, -0.15) is 13.2 Å². The van der Waals surface area contributed by atoms with Crippen molar-refractivity contribution in [3.63, 3.8) is 0 Å². The van der Waals surface area contributed by atoms with Gasteiger partial charge in [-0.3, -0.25) is 19.0 Å². The average molecular weight is 450 g/mol. The second-order valence-corrected chi connectivity index (χ2v) is 7.01. The molecule has 1 amide bonds. The zero-order valence-electron chi connectivity index (χ0n) is 17.0. The molecule has 0 saturated carbocycles. The monoisotopic (exact) mass is 450 g/mol. The third kappa shape index (κ3) is 4.63. The van der Waals surface area contributed by atoms with Crippen LogP contribution >= 0.6 is 0 Å². The number of rotatable bonds is 5. The Hall–Kier alpha value is -3.69. The van der Waals surface area contributed by atoms with Crippen molar-refractivity contribution in [1.82, 2.24) is 9.88 Å². The van der Waals surface area contributed by atoms with Gasteiger partial charge in [-0.1, -0.05) is 18.2 Å². The van der Waals surface area contributed by atoms with Crippen molar-refractivity contribution in [2.45, 2.75) is 26.2 Å². The smallest absolute Gasteiger partial charge is 0.416 e. The maximum absolute atomic E-state index is 13.4. The number of esters is 1. The molecular weight excluding hydrogens is 432 g/mol. The van der Waals surface area contributed by atoms with Gasteiger partial charge in [-0.15, -0.1) is 0 Å². The van der Waals surface area contributed by atoms with E-state index >= 15 is 0 Å². The van der Waals surface area contributed by atoms with Crippen LogP contribution in [0.25, 0.3) is 10.9 Å². The number of pyridine rings is 1. The Kier molecular flexibility index (Phi) is 6.33. The summed E-state index contributed by atoms with van der Waals surface area (Å²) >= 11 is 0. The van der Waals surface area contributed by atoms with E-state index in [1.54, 1.807) is 6.07 Å². The number of halogens is 4. The molecule has 0 bridgehead atoms. The summed E-state index contributed by atoms with van der Waals surface area (Å²) in [5, 5.41) is 2.70. The molecule has 32 heavy (non-hydrogen) atoms. The summed E-state index contributed by atoms with van der Waals surface area (Å²) in [6.07, 6.45) is -4.67. The van der Waals surface area contributed by atoms with E-state index in [1.165, 1.54) is 25.1 Å². The molecule has 10 heteroatoms. The van der Waals surface area contributed by atoms with Gasteiger partial charge < -0.3 is 10.1 Å². The van der Waals surface area contributed by atoms with Gasteiger partial charge in [-0.05, 0) is 42.3 Å². The highest BCUT2D eigenvalue weighted by Crippen LogP contribution is 2.32. The van der Waals surface area contributed by atoms with Crippen LogP contribution in [-0.4, -0.2) is 23.6 Å². The van der Waals surface area contributed by atoms with E-state index in [2.05, 4.69) is 10.1 Å². The maximum atomic E-state index is 13.4. The van der Waals surface area contributed by atoms with Gasteiger partial charge in [0, 0.05) is 11.9 Å². The minimum Gasteiger partial charge on any atom is -0.468 e. The molecule has 0 spiro atoms.